The standard InChI is InChI=1S/C24H25N3O4/c1-15-12-16(19-6-4-5-7-21(19)25-15)14-31-18-10-8-17(9-11-18)24(23(29)27(2)3)13-20(24)22(28)26-30/h4-12,20,30H,13-14H2,1-3H3,(H,26,28)/t20-,24-/m0/s1. The second kappa shape index (κ2) is 8.00. The molecule has 7 heteroatoms. The molecule has 0 saturated heterocycles. The lowest BCUT2D eigenvalue weighted by molar-refractivity contribution is -0.136. The van der Waals surface area contributed by atoms with E-state index >= 15 is 0 Å². The Bertz CT molecular complexity index is 1140. The van der Waals surface area contributed by atoms with Crippen LogP contribution in [-0.2, 0) is 21.6 Å². The molecule has 1 aliphatic carbocycles. The van der Waals surface area contributed by atoms with E-state index in [0.717, 1.165) is 27.7 Å². The third kappa shape index (κ3) is 3.72. The average Bonchev–Trinajstić information content (AvgIpc) is 3.53. The summed E-state index contributed by atoms with van der Waals surface area (Å²) in [7, 11) is 3.32. The van der Waals surface area contributed by atoms with Gasteiger partial charge in [-0.25, -0.2) is 5.48 Å². The van der Waals surface area contributed by atoms with Crippen LogP contribution < -0.4 is 10.2 Å². The molecule has 1 heterocycles. The zero-order valence-electron chi connectivity index (χ0n) is 17.8. The summed E-state index contributed by atoms with van der Waals surface area (Å²) in [5, 5.41) is 10.1. The van der Waals surface area contributed by atoms with Gasteiger partial charge in [0.1, 0.15) is 12.4 Å². The van der Waals surface area contributed by atoms with Gasteiger partial charge in [0.05, 0.1) is 16.8 Å². The van der Waals surface area contributed by atoms with Gasteiger partial charge >= 0.3 is 0 Å². The molecule has 2 amide bonds. The van der Waals surface area contributed by atoms with E-state index in [2.05, 4.69) is 4.98 Å². The summed E-state index contributed by atoms with van der Waals surface area (Å²) in [6, 6.07) is 17.2. The molecule has 1 aliphatic rings. The summed E-state index contributed by atoms with van der Waals surface area (Å²) < 4.78 is 6.00. The van der Waals surface area contributed by atoms with Crippen LogP contribution in [0.15, 0.2) is 54.6 Å². The number of amides is 2. The molecule has 3 aromatic rings. The first kappa shape index (κ1) is 20.8. The fourth-order valence-electron chi connectivity index (χ4n) is 4.26. The number of benzene rings is 2. The number of rotatable bonds is 6. The summed E-state index contributed by atoms with van der Waals surface area (Å²) in [6.07, 6.45) is 0.360. The van der Waals surface area contributed by atoms with Crippen LogP contribution >= 0.6 is 0 Å². The van der Waals surface area contributed by atoms with Crippen molar-refractivity contribution in [3.8, 4) is 5.75 Å². The van der Waals surface area contributed by atoms with Crippen molar-refractivity contribution < 1.29 is 19.5 Å². The summed E-state index contributed by atoms with van der Waals surface area (Å²) >= 11 is 0. The predicted molar refractivity (Wildman–Crippen MR) is 116 cm³/mol. The van der Waals surface area contributed by atoms with Gasteiger partial charge in [0, 0.05) is 30.7 Å². The van der Waals surface area contributed by atoms with E-state index in [4.69, 9.17) is 9.94 Å². The number of para-hydroxylation sites is 1. The van der Waals surface area contributed by atoms with E-state index in [1.807, 2.05) is 61.5 Å². The SMILES string of the molecule is Cc1cc(COc2ccc([C@@]3(C(=O)N(C)C)C[C@H]3C(=O)NO)cc2)c2ccccc2n1. The number of likely N-dealkylation sites (N-methyl/N-ethyl adjacent to an activating group) is 1. The maximum atomic E-state index is 12.8. The Morgan fingerprint density at radius 2 is 1.90 bits per heavy atom. The second-order valence-corrected chi connectivity index (χ2v) is 8.16. The molecule has 0 aliphatic heterocycles. The summed E-state index contributed by atoms with van der Waals surface area (Å²) in [5.74, 6) is -0.632. The van der Waals surface area contributed by atoms with Gasteiger partial charge in [-0.1, -0.05) is 30.3 Å². The molecule has 2 N–H and O–H groups in total. The minimum Gasteiger partial charge on any atom is -0.489 e. The molecule has 7 nitrogen and oxygen atoms in total. The molecule has 1 saturated carbocycles. The highest BCUT2D eigenvalue weighted by Crippen LogP contribution is 2.55. The Labute approximate surface area is 180 Å². The Hall–Kier alpha value is -3.45. The highest BCUT2D eigenvalue weighted by molar-refractivity contribution is 6.00. The number of carbonyl (C=O) groups is 2. The first-order chi connectivity index (χ1) is 14.9. The van der Waals surface area contributed by atoms with E-state index in [-0.39, 0.29) is 5.91 Å². The predicted octanol–water partition coefficient (Wildman–Crippen LogP) is 2.97. The zero-order valence-corrected chi connectivity index (χ0v) is 17.8. The number of fused-ring (bicyclic) bond motifs is 1. The highest BCUT2D eigenvalue weighted by atomic mass is 16.5. The van der Waals surface area contributed by atoms with Crippen molar-refractivity contribution in [2.24, 2.45) is 5.92 Å². The normalized spacial score (nSPS) is 19.7. The molecule has 1 fully saturated rings. The number of hydrogen-bond acceptors (Lipinski definition) is 5. The molecule has 2 atom stereocenters. The van der Waals surface area contributed by atoms with Crippen molar-refractivity contribution in [3.63, 3.8) is 0 Å². The molecule has 4 rings (SSSR count). The number of aromatic nitrogens is 1. The van der Waals surface area contributed by atoms with E-state index < -0.39 is 17.2 Å². The molecule has 0 spiro atoms. The van der Waals surface area contributed by atoms with Crippen molar-refractivity contribution in [3.05, 3.63) is 71.4 Å². The van der Waals surface area contributed by atoms with Gasteiger partial charge in [0.15, 0.2) is 0 Å². The molecule has 0 radical (unpaired) electrons. The number of ether oxygens (including phenoxy) is 1. The maximum Gasteiger partial charge on any atom is 0.247 e. The molecular weight excluding hydrogens is 394 g/mol. The Kier molecular flexibility index (Phi) is 5.37. The van der Waals surface area contributed by atoms with Crippen LogP contribution in [0.25, 0.3) is 10.9 Å². The van der Waals surface area contributed by atoms with Crippen molar-refractivity contribution in [1.29, 1.82) is 0 Å². The van der Waals surface area contributed by atoms with Crippen molar-refractivity contribution in [1.82, 2.24) is 15.4 Å². The summed E-state index contributed by atoms with van der Waals surface area (Å²) in [5.41, 5.74) is 4.37. The van der Waals surface area contributed by atoms with Crippen LogP contribution in [0.5, 0.6) is 5.75 Å². The maximum absolute atomic E-state index is 12.8. The molecule has 2 aromatic carbocycles. The Morgan fingerprint density at radius 3 is 2.58 bits per heavy atom. The van der Waals surface area contributed by atoms with Crippen molar-refractivity contribution in [2.75, 3.05) is 14.1 Å². The number of carbonyl (C=O) groups excluding carboxylic acids is 2. The monoisotopic (exact) mass is 419 g/mol. The first-order valence-corrected chi connectivity index (χ1v) is 10.1. The molecule has 1 aromatic heterocycles. The Morgan fingerprint density at radius 1 is 1.19 bits per heavy atom. The lowest BCUT2D eigenvalue weighted by atomic mass is 9.91. The topological polar surface area (TPSA) is 91.8 Å². The quantitative estimate of drug-likeness (QED) is 0.473. The largest absolute Gasteiger partial charge is 0.489 e. The van der Waals surface area contributed by atoms with E-state index in [9.17, 15) is 9.59 Å². The smallest absolute Gasteiger partial charge is 0.247 e. The number of hydroxylamine groups is 1. The minimum atomic E-state index is -0.951. The minimum absolute atomic E-state index is 0.159. The van der Waals surface area contributed by atoms with Crippen LogP contribution in [0.2, 0.25) is 0 Å². The van der Waals surface area contributed by atoms with Gasteiger partial charge in [0.2, 0.25) is 11.8 Å². The number of hydrogen-bond donors (Lipinski definition) is 2. The van der Waals surface area contributed by atoms with Crippen LogP contribution in [0.3, 0.4) is 0 Å². The second-order valence-electron chi connectivity index (χ2n) is 8.16. The summed E-state index contributed by atoms with van der Waals surface area (Å²) in [4.78, 5) is 30.9. The third-order valence-corrected chi connectivity index (χ3v) is 5.87. The first-order valence-electron chi connectivity index (χ1n) is 10.1. The lowest BCUT2D eigenvalue weighted by Gasteiger charge is -2.22. The van der Waals surface area contributed by atoms with Gasteiger partial charge in [-0.05, 0) is 43.2 Å². The van der Waals surface area contributed by atoms with Crippen LogP contribution in [0.4, 0.5) is 0 Å². The van der Waals surface area contributed by atoms with Crippen LogP contribution in [0, 0.1) is 12.8 Å². The number of nitrogens with one attached hydrogen (secondary N) is 1. The number of aryl methyl sites for hydroxylation is 1. The van der Waals surface area contributed by atoms with Gasteiger partial charge in [-0.2, -0.15) is 0 Å². The van der Waals surface area contributed by atoms with E-state index in [1.165, 1.54) is 4.90 Å². The fraction of sp³-hybridized carbons (Fsp3) is 0.292. The highest BCUT2D eigenvalue weighted by Gasteiger charge is 2.65. The third-order valence-electron chi connectivity index (χ3n) is 5.87. The van der Waals surface area contributed by atoms with Gasteiger partial charge in [0.25, 0.3) is 0 Å². The van der Waals surface area contributed by atoms with Gasteiger partial charge in [-0.15, -0.1) is 0 Å². The van der Waals surface area contributed by atoms with E-state index in [1.54, 1.807) is 19.6 Å². The molecular formula is C24H25N3O4. The summed E-state index contributed by atoms with van der Waals surface area (Å²) in [6.45, 7) is 2.35. The van der Waals surface area contributed by atoms with Gasteiger partial charge in [-0.3, -0.25) is 19.8 Å². The molecule has 160 valence electrons. The van der Waals surface area contributed by atoms with E-state index in [0.29, 0.717) is 18.8 Å². The lowest BCUT2D eigenvalue weighted by Crippen LogP contribution is -2.38. The van der Waals surface area contributed by atoms with Crippen molar-refractivity contribution in [2.45, 2.75) is 25.4 Å². The van der Waals surface area contributed by atoms with Crippen molar-refractivity contribution >= 4 is 22.7 Å². The number of pyridine rings is 1. The van der Waals surface area contributed by atoms with Gasteiger partial charge < -0.3 is 9.64 Å². The zero-order chi connectivity index (χ0) is 22.2. The Balaban J connectivity index is 1.55. The molecule has 0 bridgehead atoms. The van der Waals surface area contributed by atoms with Crippen LogP contribution in [-0.4, -0.2) is 41.0 Å². The van der Waals surface area contributed by atoms with Crippen LogP contribution in [0.1, 0.15) is 23.2 Å². The molecule has 31 heavy (non-hydrogen) atoms. The average molecular weight is 419 g/mol. The number of nitrogens with zero attached hydrogens (tertiary/aromatic N) is 2. The molecule has 0 unspecified atom stereocenters. The fourth-order valence-corrected chi connectivity index (χ4v) is 4.26.